The Bertz CT molecular complexity index is 1020. The number of benzene rings is 1. The molecule has 0 spiro atoms. The van der Waals surface area contributed by atoms with Crippen LogP contribution < -0.4 is 9.46 Å². The Hall–Kier alpha value is -2.52. The minimum Gasteiger partial charge on any atom is -0.493 e. The van der Waals surface area contributed by atoms with Crippen molar-refractivity contribution in [2.45, 2.75) is 38.0 Å². The average Bonchev–Trinajstić information content (AvgIpc) is 3.12. The first kappa shape index (κ1) is 19.2. The SMILES string of the molecule is CCCOc1ccc(S(=O)(=O)NCCCc2cnc3ncnn3c2)cc1C. The fraction of sp³-hybridized carbons (Fsp3) is 0.389. The normalized spacial score (nSPS) is 11.8. The summed E-state index contributed by atoms with van der Waals surface area (Å²) in [5.74, 6) is 1.26. The summed E-state index contributed by atoms with van der Waals surface area (Å²) < 4.78 is 34.8. The number of aromatic nitrogens is 4. The third-order valence-corrected chi connectivity index (χ3v) is 5.50. The fourth-order valence-corrected chi connectivity index (χ4v) is 3.79. The van der Waals surface area contributed by atoms with Gasteiger partial charge in [-0.15, -0.1) is 0 Å². The van der Waals surface area contributed by atoms with Gasteiger partial charge in [0, 0.05) is 18.9 Å². The maximum absolute atomic E-state index is 12.5. The van der Waals surface area contributed by atoms with E-state index in [9.17, 15) is 8.42 Å². The molecule has 0 aliphatic carbocycles. The lowest BCUT2D eigenvalue weighted by molar-refractivity contribution is 0.315. The van der Waals surface area contributed by atoms with E-state index in [-0.39, 0.29) is 4.90 Å². The van der Waals surface area contributed by atoms with Crippen LogP contribution in [0.2, 0.25) is 0 Å². The average molecular weight is 389 g/mol. The van der Waals surface area contributed by atoms with Gasteiger partial charge in [-0.25, -0.2) is 22.6 Å². The topological polar surface area (TPSA) is 98.5 Å². The van der Waals surface area contributed by atoms with Gasteiger partial charge in [0.2, 0.25) is 10.0 Å². The Morgan fingerprint density at radius 1 is 1.26 bits per heavy atom. The van der Waals surface area contributed by atoms with E-state index in [0.29, 0.717) is 37.5 Å². The van der Waals surface area contributed by atoms with E-state index in [4.69, 9.17) is 4.74 Å². The van der Waals surface area contributed by atoms with Gasteiger partial charge in [-0.2, -0.15) is 10.1 Å². The molecule has 27 heavy (non-hydrogen) atoms. The molecule has 0 saturated heterocycles. The largest absolute Gasteiger partial charge is 0.493 e. The van der Waals surface area contributed by atoms with Gasteiger partial charge in [0.15, 0.2) is 0 Å². The van der Waals surface area contributed by atoms with E-state index in [1.54, 1.807) is 28.9 Å². The van der Waals surface area contributed by atoms with Crippen LogP contribution in [0.3, 0.4) is 0 Å². The molecule has 1 aromatic carbocycles. The van der Waals surface area contributed by atoms with Gasteiger partial charge in [0.25, 0.3) is 5.78 Å². The Morgan fingerprint density at radius 2 is 2.11 bits per heavy atom. The van der Waals surface area contributed by atoms with Gasteiger partial charge in [-0.05, 0) is 55.5 Å². The van der Waals surface area contributed by atoms with Crippen molar-refractivity contribution in [1.82, 2.24) is 24.3 Å². The van der Waals surface area contributed by atoms with Crippen LogP contribution in [0.25, 0.3) is 5.78 Å². The van der Waals surface area contributed by atoms with Crippen molar-refractivity contribution in [2.24, 2.45) is 0 Å². The number of rotatable bonds is 9. The summed E-state index contributed by atoms with van der Waals surface area (Å²) in [4.78, 5) is 8.43. The minimum atomic E-state index is -3.55. The van der Waals surface area contributed by atoms with E-state index in [2.05, 4.69) is 19.8 Å². The van der Waals surface area contributed by atoms with E-state index in [0.717, 1.165) is 17.5 Å². The molecule has 9 heteroatoms. The molecule has 0 fully saturated rings. The lowest BCUT2D eigenvalue weighted by Crippen LogP contribution is -2.25. The molecule has 2 aromatic heterocycles. The van der Waals surface area contributed by atoms with E-state index in [1.165, 1.54) is 6.33 Å². The number of aryl methyl sites for hydroxylation is 2. The molecular formula is C18H23N5O3S. The first-order chi connectivity index (χ1) is 13.0. The number of sulfonamides is 1. The predicted octanol–water partition coefficient (Wildman–Crippen LogP) is 2.13. The molecule has 144 valence electrons. The molecule has 0 unspecified atom stereocenters. The number of hydrogen-bond acceptors (Lipinski definition) is 6. The zero-order valence-electron chi connectivity index (χ0n) is 15.4. The number of nitrogens with one attached hydrogen (secondary N) is 1. The van der Waals surface area contributed by atoms with Crippen molar-refractivity contribution in [3.8, 4) is 5.75 Å². The fourth-order valence-electron chi connectivity index (χ4n) is 2.63. The summed E-state index contributed by atoms with van der Waals surface area (Å²) in [5.41, 5.74) is 1.78. The molecule has 0 saturated carbocycles. The molecule has 0 radical (unpaired) electrons. The Balaban J connectivity index is 1.55. The predicted molar refractivity (Wildman–Crippen MR) is 101 cm³/mol. The molecular weight excluding hydrogens is 366 g/mol. The zero-order chi connectivity index (χ0) is 19.3. The van der Waals surface area contributed by atoms with Crippen LogP contribution >= 0.6 is 0 Å². The third kappa shape index (κ3) is 4.81. The quantitative estimate of drug-likeness (QED) is 0.563. The second-order valence-corrected chi connectivity index (χ2v) is 8.01. The van der Waals surface area contributed by atoms with Gasteiger partial charge in [0.05, 0.1) is 11.5 Å². The number of hydrogen-bond donors (Lipinski definition) is 1. The molecule has 8 nitrogen and oxygen atoms in total. The van der Waals surface area contributed by atoms with Gasteiger partial charge in [-0.3, -0.25) is 0 Å². The maximum atomic E-state index is 12.5. The molecule has 1 N–H and O–H groups in total. The van der Waals surface area contributed by atoms with Crippen LogP contribution in [-0.2, 0) is 16.4 Å². The summed E-state index contributed by atoms with van der Waals surface area (Å²) in [5, 5.41) is 4.04. The van der Waals surface area contributed by atoms with Crippen LogP contribution in [0.5, 0.6) is 5.75 Å². The summed E-state index contributed by atoms with van der Waals surface area (Å²) in [6.07, 6.45) is 7.27. The van der Waals surface area contributed by atoms with Gasteiger partial charge >= 0.3 is 0 Å². The molecule has 0 aliphatic heterocycles. The molecule has 0 aliphatic rings. The van der Waals surface area contributed by atoms with Gasteiger partial charge in [0.1, 0.15) is 12.1 Å². The summed E-state index contributed by atoms with van der Waals surface area (Å²) >= 11 is 0. The summed E-state index contributed by atoms with van der Waals surface area (Å²) in [7, 11) is -3.55. The van der Waals surface area contributed by atoms with E-state index in [1.807, 2.05) is 20.0 Å². The van der Waals surface area contributed by atoms with Crippen molar-refractivity contribution < 1.29 is 13.2 Å². The van der Waals surface area contributed by atoms with Crippen molar-refractivity contribution >= 4 is 15.8 Å². The smallest absolute Gasteiger partial charge is 0.252 e. The first-order valence-corrected chi connectivity index (χ1v) is 10.4. The molecule has 0 amide bonds. The van der Waals surface area contributed by atoms with Crippen LogP contribution in [0.15, 0.2) is 41.8 Å². The molecule has 2 heterocycles. The van der Waals surface area contributed by atoms with Crippen LogP contribution in [0, 0.1) is 6.92 Å². The molecule has 3 aromatic rings. The standard InChI is InChI=1S/C18H23N5O3S/c1-3-9-26-17-7-6-16(10-14(17)2)27(24,25)22-8-4-5-15-11-19-18-20-13-21-23(18)12-15/h6-7,10-13,22H,3-5,8-9H2,1-2H3. The Morgan fingerprint density at radius 3 is 2.89 bits per heavy atom. The highest BCUT2D eigenvalue weighted by atomic mass is 32.2. The third-order valence-electron chi connectivity index (χ3n) is 4.04. The second kappa shape index (κ2) is 8.45. The molecule has 3 rings (SSSR count). The van der Waals surface area contributed by atoms with Crippen LogP contribution in [0.4, 0.5) is 0 Å². The minimum absolute atomic E-state index is 0.245. The summed E-state index contributed by atoms with van der Waals surface area (Å²) in [6.45, 7) is 4.82. The van der Waals surface area contributed by atoms with Crippen LogP contribution in [0.1, 0.15) is 30.9 Å². The number of nitrogens with zero attached hydrogens (tertiary/aromatic N) is 4. The number of ether oxygens (including phenoxy) is 1. The lowest BCUT2D eigenvalue weighted by Gasteiger charge is -2.11. The van der Waals surface area contributed by atoms with Crippen molar-refractivity contribution in [3.63, 3.8) is 0 Å². The highest BCUT2D eigenvalue weighted by Gasteiger charge is 2.15. The first-order valence-electron chi connectivity index (χ1n) is 8.87. The maximum Gasteiger partial charge on any atom is 0.252 e. The zero-order valence-corrected chi connectivity index (χ0v) is 16.2. The van der Waals surface area contributed by atoms with E-state index >= 15 is 0 Å². The molecule has 0 atom stereocenters. The van der Waals surface area contributed by atoms with Gasteiger partial charge in [-0.1, -0.05) is 6.92 Å². The number of fused-ring (bicyclic) bond motifs is 1. The van der Waals surface area contributed by atoms with Crippen molar-refractivity contribution in [3.05, 3.63) is 48.0 Å². The Labute approximate surface area is 158 Å². The lowest BCUT2D eigenvalue weighted by atomic mass is 10.2. The highest BCUT2D eigenvalue weighted by Crippen LogP contribution is 2.22. The van der Waals surface area contributed by atoms with Crippen LogP contribution in [-0.4, -0.2) is 41.2 Å². The highest BCUT2D eigenvalue weighted by molar-refractivity contribution is 7.89. The monoisotopic (exact) mass is 389 g/mol. The second-order valence-electron chi connectivity index (χ2n) is 6.24. The van der Waals surface area contributed by atoms with Gasteiger partial charge < -0.3 is 4.74 Å². The molecule has 0 bridgehead atoms. The van der Waals surface area contributed by atoms with E-state index < -0.39 is 10.0 Å². The Kier molecular flexibility index (Phi) is 6.02. The summed E-state index contributed by atoms with van der Waals surface area (Å²) in [6, 6.07) is 4.91. The van der Waals surface area contributed by atoms with Crippen molar-refractivity contribution in [2.75, 3.05) is 13.2 Å². The van der Waals surface area contributed by atoms with Crippen molar-refractivity contribution in [1.29, 1.82) is 0 Å².